The van der Waals surface area contributed by atoms with Gasteiger partial charge in [0.25, 0.3) is 0 Å². The van der Waals surface area contributed by atoms with Crippen molar-refractivity contribution >= 4 is 34.4 Å². The van der Waals surface area contributed by atoms with Gasteiger partial charge in [-0.1, -0.05) is 96.1 Å². The smallest absolute Gasteiger partial charge is 0.238 e. The highest BCUT2D eigenvalue weighted by molar-refractivity contribution is 6.18. The van der Waals surface area contributed by atoms with Gasteiger partial charge in [0.15, 0.2) is 11.6 Å². The molecule has 1 saturated heterocycles. The molecule has 4 atom stereocenters. The molecule has 5 heteroatoms. The molecule has 3 aliphatic rings. The summed E-state index contributed by atoms with van der Waals surface area (Å²) >= 11 is 0. The van der Waals surface area contributed by atoms with E-state index in [1.807, 2.05) is 99.6 Å². The molecule has 202 valence electrons. The fourth-order valence-corrected chi connectivity index (χ4v) is 7.22. The molecule has 41 heavy (non-hydrogen) atoms. The van der Waals surface area contributed by atoms with Crippen LogP contribution in [0.4, 0.5) is 11.4 Å². The Balaban J connectivity index is 1.56. The molecular formula is C36H30N2O3. The Morgan fingerprint density at radius 3 is 2.17 bits per heavy atom. The van der Waals surface area contributed by atoms with E-state index in [2.05, 4.69) is 22.4 Å². The van der Waals surface area contributed by atoms with E-state index in [-0.39, 0.29) is 17.5 Å². The standard InChI is InChI=1S/C36H30N2O3/c1-21-13-16-25(17-14-21)34(40)32-31(33(39)24-9-5-4-6-10-24)36(27-11-7-8-12-28(27)37-35(36)41)30-20-23(3)26-19-22(2)15-18-29(26)38(30)32/h4-20,30-32H,1-3H3,(H,37,41)/t30-,31-,32-,36+/m0/s1. The van der Waals surface area contributed by atoms with Crippen molar-refractivity contribution in [2.45, 2.75) is 38.3 Å². The van der Waals surface area contributed by atoms with E-state index < -0.39 is 23.4 Å². The lowest BCUT2D eigenvalue weighted by Gasteiger charge is -2.39. The highest BCUT2D eigenvalue weighted by Crippen LogP contribution is 2.58. The van der Waals surface area contributed by atoms with Gasteiger partial charge >= 0.3 is 0 Å². The number of hydrogen-bond donors (Lipinski definition) is 1. The summed E-state index contributed by atoms with van der Waals surface area (Å²) in [6.45, 7) is 6.07. The van der Waals surface area contributed by atoms with Crippen LogP contribution in [-0.4, -0.2) is 29.6 Å². The molecule has 3 aliphatic heterocycles. The Kier molecular flexibility index (Phi) is 5.62. The number of carbonyl (C=O) groups excluding carboxylic acids is 3. The van der Waals surface area contributed by atoms with Crippen molar-refractivity contribution in [2.24, 2.45) is 5.92 Å². The van der Waals surface area contributed by atoms with Crippen molar-refractivity contribution in [3.63, 3.8) is 0 Å². The van der Waals surface area contributed by atoms with Crippen LogP contribution in [0.3, 0.4) is 0 Å². The number of para-hydroxylation sites is 1. The topological polar surface area (TPSA) is 66.5 Å². The van der Waals surface area contributed by atoms with Crippen LogP contribution in [0.15, 0.2) is 103 Å². The number of carbonyl (C=O) groups is 3. The van der Waals surface area contributed by atoms with Crippen LogP contribution in [0.25, 0.3) is 5.57 Å². The number of anilines is 2. The van der Waals surface area contributed by atoms with Gasteiger partial charge in [-0.2, -0.15) is 0 Å². The van der Waals surface area contributed by atoms with Crippen LogP contribution in [0.1, 0.15) is 49.9 Å². The van der Waals surface area contributed by atoms with E-state index in [1.165, 1.54) is 0 Å². The molecule has 4 aromatic rings. The minimum absolute atomic E-state index is 0.169. The van der Waals surface area contributed by atoms with Crippen LogP contribution in [-0.2, 0) is 10.2 Å². The second kappa shape index (κ2) is 9.13. The first kappa shape index (κ1) is 25.2. The molecule has 7 rings (SSSR count). The number of nitrogens with one attached hydrogen (secondary N) is 1. The minimum Gasteiger partial charge on any atom is -0.352 e. The third kappa shape index (κ3) is 3.51. The molecule has 0 aliphatic carbocycles. The number of allylic oxidation sites excluding steroid dienone is 1. The Morgan fingerprint density at radius 1 is 0.756 bits per heavy atom. The Morgan fingerprint density at radius 2 is 1.41 bits per heavy atom. The quantitative estimate of drug-likeness (QED) is 0.299. The number of amides is 1. The highest BCUT2D eigenvalue weighted by Gasteiger charge is 2.70. The minimum atomic E-state index is -1.31. The van der Waals surface area contributed by atoms with Gasteiger partial charge in [-0.3, -0.25) is 14.4 Å². The van der Waals surface area contributed by atoms with Gasteiger partial charge < -0.3 is 10.2 Å². The normalized spacial score (nSPS) is 23.9. The van der Waals surface area contributed by atoms with E-state index in [9.17, 15) is 14.4 Å². The molecule has 0 radical (unpaired) electrons. The van der Waals surface area contributed by atoms with Gasteiger partial charge in [-0.25, -0.2) is 0 Å². The monoisotopic (exact) mass is 538 g/mol. The van der Waals surface area contributed by atoms with Crippen molar-refractivity contribution in [1.82, 2.24) is 0 Å². The number of aryl methyl sites for hydroxylation is 2. The van der Waals surface area contributed by atoms with Gasteiger partial charge in [0, 0.05) is 28.1 Å². The molecule has 4 aromatic carbocycles. The number of benzene rings is 4. The number of Topliss-reactive ketones (excluding diaryl/α,β-unsaturated/α-hetero) is 2. The molecule has 1 fully saturated rings. The molecule has 1 spiro atoms. The lowest BCUT2D eigenvalue weighted by atomic mass is 9.64. The molecule has 1 N–H and O–H groups in total. The third-order valence-electron chi connectivity index (χ3n) is 9.08. The molecule has 0 aromatic heterocycles. The third-order valence-corrected chi connectivity index (χ3v) is 9.08. The lowest BCUT2D eigenvalue weighted by molar-refractivity contribution is -0.121. The average molecular weight is 539 g/mol. The number of nitrogens with zero attached hydrogens (tertiary/aromatic N) is 1. The van der Waals surface area contributed by atoms with Crippen LogP contribution in [0.5, 0.6) is 0 Å². The molecule has 5 nitrogen and oxygen atoms in total. The fourth-order valence-electron chi connectivity index (χ4n) is 7.22. The SMILES string of the molecule is CC1=C[C@@H]2N(c3ccc(C)cc31)[C@H](C(=O)c1ccc(C)cc1)[C@@H](C(=O)c1ccccc1)[C@]21C(=O)Nc2ccccc21. The first-order valence-electron chi connectivity index (χ1n) is 14.0. The van der Waals surface area contributed by atoms with Crippen molar-refractivity contribution in [3.8, 4) is 0 Å². The Bertz CT molecular complexity index is 1770. The zero-order valence-electron chi connectivity index (χ0n) is 23.2. The predicted molar refractivity (Wildman–Crippen MR) is 161 cm³/mol. The summed E-state index contributed by atoms with van der Waals surface area (Å²) in [5.74, 6) is -1.60. The maximum absolute atomic E-state index is 14.8. The zero-order chi connectivity index (χ0) is 28.5. The van der Waals surface area contributed by atoms with Crippen molar-refractivity contribution < 1.29 is 14.4 Å². The lowest BCUT2D eigenvalue weighted by Crippen LogP contribution is -2.51. The largest absolute Gasteiger partial charge is 0.352 e. The second-order valence-corrected chi connectivity index (χ2v) is 11.5. The summed E-state index contributed by atoms with van der Waals surface area (Å²) in [6, 6.07) is 28.9. The molecule has 0 unspecified atom stereocenters. The molecule has 0 bridgehead atoms. The summed E-state index contributed by atoms with van der Waals surface area (Å²) in [5, 5.41) is 3.10. The summed E-state index contributed by atoms with van der Waals surface area (Å²) in [5.41, 5.74) is 6.19. The fraction of sp³-hybridized carbons (Fsp3) is 0.194. The van der Waals surface area contributed by atoms with E-state index in [1.54, 1.807) is 12.1 Å². The van der Waals surface area contributed by atoms with Crippen LogP contribution in [0.2, 0.25) is 0 Å². The second-order valence-electron chi connectivity index (χ2n) is 11.5. The van der Waals surface area contributed by atoms with Crippen molar-refractivity contribution in [1.29, 1.82) is 0 Å². The van der Waals surface area contributed by atoms with E-state index in [4.69, 9.17) is 0 Å². The number of hydrogen-bond acceptors (Lipinski definition) is 4. The Hall–Kier alpha value is -4.77. The molecule has 0 saturated carbocycles. The van der Waals surface area contributed by atoms with Crippen LogP contribution >= 0.6 is 0 Å². The van der Waals surface area contributed by atoms with Crippen molar-refractivity contribution in [3.05, 3.63) is 137 Å². The Labute approximate surface area is 239 Å². The number of ketones is 2. The summed E-state index contributed by atoms with van der Waals surface area (Å²) in [4.78, 5) is 46.0. The predicted octanol–water partition coefficient (Wildman–Crippen LogP) is 6.55. The van der Waals surface area contributed by atoms with Gasteiger partial charge in [0.1, 0.15) is 11.5 Å². The van der Waals surface area contributed by atoms with Gasteiger partial charge in [-0.15, -0.1) is 0 Å². The van der Waals surface area contributed by atoms with Gasteiger partial charge in [0.05, 0.1) is 12.0 Å². The van der Waals surface area contributed by atoms with E-state index in [0.717, 1.165) is 33.5 Å². The first-order chi connectivity index (χ1) is 19.8. The molecule has 1 amide bonds. The number of rotatable bonds is 4. The van der Waals surface area contributed by atoms with Crippen molar-refractivity contribution in [2.75, 3.05) is 10.2 Å². The number of fused-ring (bicyclic) bond motifs is 6. The zero-order valence-corrected chi connectivity index (χ0v) is 23.2. The summed E-state index contributed by atoms with van der Waals surface area (Å²) in [6.07, 6.45) is 2.09. The first-order valence-corrected chi connectivity index (χ1v) is 14.0. The van der Waals surface area contributed by atoms with Crippen LogP contribution in [0, 0.1) is 19.8 Å². The highest BCUT2D eigenvalue weighted by atomic mass is 16.2. The van der Waals surface area contributed by atoms with E-state index >= 15 is 0 Å². The maximum Gasteiger partial charge on any atom is 0.238 e. The summed E-state index contributed by atoms with van der Waals surface area (Å²) in [7, 11) is 0. The average Bonchev–Trinajstić information content (AvgIpc) is 3.45. The van der Waals surface area contributed by atoms with Gasteiger partial charge in [0.2, 0.25) is 5.91 Å². The summed E-state index contributed by atoms with van der Waals surface area (Å²) < 4.78 is 0. The maximum atomic E-state index is 14.8. The van der Waals surface area contributed by atoms with Crippen LogP contribution < -0.4 is 10.2 Å². The van der Waals surface area contributed by atoms with E-state index in [0.29, 0.717) is 16.8 Å². The molecular weight excluding hydrogens is 508 g/mol. The molecule has 3 heterocycles. The van der Waals surface area contributed by atoms with Gasteiger partial charge in [-0.05, 0) is 50.1 Å².